The highest BCUT2D eigenvalue weighted by Gasteiger charge is 2.12. The van der Waals surface area contributed by atoms with Crippen molar-refractivity contribution in [3.05, 3.63) is 11.1 Å². The van der Waals surface area contributed by atoms with Gasteiger partial charge in [0.1, 0.15) is 0 Å². The van der Waals surface area contributed by atoms with Gasteiger partial charge < -0.3 is 5.11 Å². The molecule has 0 aromatic rings. The van der Waals surface area contributed by atoms with Crippen molar-refractivity contribution in [2.45, 2.75) is 26.8 Å². The molecule has 0 atom stereocenters. The van der Waals surface area contributed by atoms with Crippen LogP contribution in [0.5, 0.6) is 0 Å². The van der Waals surface area contributed by atoms with E-state index in [0.29, 0.717) is 6.54 Å². The van der Waals surface area contributed by atoms with Crippen LogP contribution in [0.15, 0.2) is 11.1 Å². The maximum atomic E-state index is 10.5. The van der Waals surface area contributed by atoms with Crippen molar-refractivity contribution in [2.75, 3.05) is 13.1 Å². The van der Waals surface area contributed by atoms with E-state index in [2.05, 4.69) is 0 Å². The molecule has 0 spiro atoms. The van der Waals surface area contributed by atoms with E-state index in [9.17, 15) is 4.79 Å². The molecule has 0 saturated heterocycles. The average Bonchev–Trinajstić information content (AvgIpc) is 2.02. The van der Waals surface area contributed by atoms with Gasteiger partial charge in [-0.1, -0.05) is 11.6 Å². The smallest absolute Gasteiger partial charge is 0.317 e. The van der Waals surface area contributed by atoms with Crippen LogP contribution in [0.25, 0.3) is 0 Å². The molecule has 0 aliphatic heterocycles. The largest absolute Gasteiger partial charge is 0.480 e. The van der Waals surface area contributed by atoms with E-state index in [1.165, 1.54) is 5.54 Å². The van der Waals surface area contributed by atoms with Crippen molar-refractivity contribution in [3.63, 3.8) is 0 Å². The normalized spacial score (nSPS) is 12.6. The highest BCUT2D eigenvalue weighted by atomic mass is 35.5. The van der Waals surface area contributed by atoms with Gasteiger partial charge in [-0.3, -0.25) is 9.69 Å². The number of rotatable bonds is 5. The number of nitrogens with zero attached hydrogens (tertiary/aromatic N) is 1. The van der Waals surface area contributed by atoms with Crippen LogP contribution in [0, 0.1) is 0 Å². The van der Waals surface area contributed by atoms with Crippen molar-refractivity contribution in [2.24, 2.45) is 0 Å². The summed E-state index contributed by atoms with van der Waals surface area (Å²) < 4.78 is 0. The van der Waals surface area contributed by atoms with Crippen LogP contribution in [0.4, 0.5) is 0 Å². The second-order valence-corrected chi connectivity index (χ2v) is 3.57. The third-order valence-electron chi connectivity index (χ3n) is 1.71. The molecule has 0 aliphatic rings. The van der Waals surface area contributed by atoms with Crippen LogP contribution in [0.3, 0.4) is 0 Å². The Hall–Kier alpha value is -0.540. The summed E-state index contributed by atoms with van der Waals surface area (Å²) in [4.78, 5) is 12.3. The molecule has 0 saturated carbocycles. The zero-order valence-corrected chi connectivity index (χ0v) is 9.01. The Labute approximate surface area is 84.0 Å². The number of hydrogen-bond donors (Lipinski definition) is 1. The van der Waals surface area contributed by atoms with E-state index in [-0.39, 0.29) is 12.6 Å². The molecule has 4 heteroatoms. The topological polar surface area (TPSA) is 40.5 Å². The highest BCUT2D eigenvalue weighted by Crippen LogP contribution is 2.04. The predicted octanol–water partition coefficient (Wildman–Crippen LogP) is 1.92. The molecule has 0 radical (unpaired) electrons. The summed E-state index contributed by atoms with van der Waals surface area (Å²) in [6, 6.07) is 0.211. The molecule has 13 heavy (non-hydrogen) atoms. The van der Waals surface area contributed by atoms with Crippen molar-refractivity contribution in [3.8, 4) is 0 Å². The Balaban J connectivity index is 4.18. The lowest BCUT2D eigenvalue weighted by atomic mass is 10.2. The number of carbonyl (C=O) groups is 1. The number of hydrogen-bond acceptors (Lipinski definition) is 2. The van der Waals surface area contributed by atoms with E-state index in [4.69, 9.17) is 16.7 Å². The van der Waals surface area contributed by atoms with Gasteiger partial charge >= 0.3 is 5.97 Å². The number of aliphatic carboxylic acids is 1. The van der Waals surface area contributed by atoms with Gasteiger partial charge in [-0.15, -0.1) is 0 Å². The first kappa shape index (κ1) is 12.5. The van der Waals surface area contributed by atoms with E-state index in [1.54, 1.807) is 0 Å². The molecular weight excluding hydrogens is 190 g/mol. The Morgan fingerprint density at radius 2 is 2.08 bits per heavy atom. The van der Waals surface area contributed by atoms with E-state index >= 15 is 0 Å². The van der Waals surface area contributed by atoms with Crippen molar-refractivity contribution in [1.82, 2.24) is 4.90 Å². The second kappa shape index (κ2) is 6.00. The predicted molar refractivity (Wildman–Crippen MR) is 54.0 cm³/mol. The fraction of sp³-hybridized carbons (Fsp3) is 0.667. The number of halogens is 1. The molecule has 0 aromatic carbocycles. The van der Waals surface area contributed by atoms with Gasteiger partial charge in [-0.05, 0) is 26.3 Å². The summed E-state index contributed by atoms with van der Waals surface area (Å²) in [6.07, 6.45) is 0. The Morgan fingerprint density at radius 1 is 1.54 bits per heavy atom. The van der Waals surface area contributed by atoms with Crippen molar-refractivity contribution >= 4 is 17.6 Å². The minimum Gasteiger partial charge on any atom is -0.480 e. The molecule has 0 fully saturated rings. The maximum Gasteiger partial charge on any atom is 0.317 e. The molecular formula is C9H16ClNO2. The molecule has 0 heterocycles. The summed E-state index contributed by atoms with van der Waals surface area (Å²) in [5, 5.41) is 8.62. The van der Waals surface area contributed by atoms with Gasteiger partial charge in [0.2, 0.25) is 0 Å². The number of carboxylic acid groups (broad SMARTS) is 1. The molecule has 0 aromatic heterocycles. The van der Waals surface area contributed by atoms with Gasteiger partial charge in [0.15, 0.2) is 0 Å². The van der Waals surface area contributed by atoms with Crippen molar-refractivity contribution in [1.29, 1.82) is 0 Å². The zero-order valence-electron chi connectivity index (χ0n) is 8.25. The van der Waals surface area contributed by atoms with E-state index in [0.717, 1.165) is 5.57 Å². The summed E-state index contributed by atoms with van der Waals surface area (Å²) >= 11 is 5.50. The third-order valence-corrected chi connectivity index (χ3v) is 2.08. The summed E-state index contributed by atoms with van der Waals surface area (Å²) in [6.45, 7) is 6.46. The summed E-state index contributed by atoms with van der Waals surface area (Å²) in [5.74, 6) is -0.809. The van der Waals surface area contributed by atoms with Crippen LogP contribution >= 0.6 is 11.6 Å². The molecule has 76 valence electrons. The Bertz CT molecular complexity index is 202. The lowest BCUT2D eigenvalue weighted by Crippen LogP contribution is -2.36. The standard InChI is InChI=1S/C9H16ClNO2/c1-7(2)11(6-9(12)13)5-8(3)4-10/h4,7H,5-6H2,1-3H3,(H,12,13). The fourth-order valence-corrected chi connectivity index (χ4v) is 1.02. The molecule has 3 nitrogen and oxygen atoms in total. The average molecular weight is 206 g/mol. The Morgan fingerprint density at radius 3 is 2.38 bits per heavy atom. The summed E-state index contributed by atoms with van der Waals surface area (Å²) in [7, 11) is 0. The molecule has 0 rings (SSSR count). The zero-order chi connectivity index (χ0) is 10.4. The van der Waals surface area contributed by atoms with Crippen LogP contribution in [-0.2, 0) is 4.79 Å². The third kappa shape index (κ3) is 5.66. The first-order valence-corrected chi connectivity index (χ1v) is 4.62. The van der Waals surface area contributed by atoms with Crippen LogP contribution in [0.2, 0.25) is 0 Å². The molecule has 0 bridgehead atoms. The minimum atomic E-state index is -0.809. The minimum absolute atomic E-state index is 0.0553. The molecule has 0 unspecified atom stereocenters. The lowest BCUT2D eigenvalue weighted by molar-refractivity contribution is -0.138. The highest BCUT2D eigenvalue weighted by molar-refractivity contribution is 6.25. The van der Waals surface area contributed by atoms with Crippen LogP contribution in [0.1, 0.15) is 20.8 Å². The van der Waals surface area contributed by atoms with Gasteiger partial charge in [-0.25, -0.2) is 0 Å². The first-order chi connectivity index (χ1) is 5.97. The molecule has 1 N–H and O–H groups in total. The van der Waals surface area contributed by atoms with Gasteiger partial charge in [0, 0.05) is 18.1 Å². The quantitative estimate of drug-likeness (QED) is 0.746. The van der Waals surface area contributed by atoms with Gasteiger partial charge in [0.25, 0.3) is 0 Å². The first-order valence-electron chi connectivity index (χ1n) is 4.19. The Kier molecular flexibility index (Phi) is 5.75. The molecule has 0 amide bonds. The van der Waals surface area contributed by atoms with E-state index < -0.39 is 5.97 Å². The van der Waals surface area contributed by atoms with Gasteiger partial charge in [0.05, 0.1) is 6.54 Å². The SMILES string of the molecule is CC(=CCl)CN(CC(=O)O)C(C)C. The number of carboxylic acids is 1. The monoisotopic (exact) mass is 205 g/mol. The molecule has 0 aliphatic carbocycles. The summed E-state index contributed by atoms with van der Waals surface area (Å²) in [5.41, 5.74) is 2.45. The van der Waals surface area contributed by atoms with Crippen molar-refractivity contribution < 1.29 is 9.90 Å². The fourth-order valence-electron chi connectivity index (χ4n) is 0.950. The maximum absolute atomic E-state index is 10.5. The lowest BCUT2D eigenvalue weighted by Gasteiger charge is -2.24. The van der Waals surface area contributed by atoms with E-state index in [1.807, 2.05) is 25.7 Å². The van der Waals surface area contributed by atoms with Crippen LogP contribution in [-0.4, -0.2) is 35.1 Å². The second-order valence-electron chi connectivity index (χ2n) is 3.35. The van der Waals surface area contributed by atoms with Crippen LogP contribution < -0.4 is 0 Å². The van der Waals surface area contributed by atoms with Gasteiger partial charge in [-0.2, -0.15) is 0 Å².